The van der Waals surface area contributed by atoms with E-state index in [4.69, 9.17) is 0 Å². The maximum atomic E-state index is 4.62. The molecule has 0 aliphatic heterocycles. The monoisotopic (exact) mass is 260 g/mol. The normalized spacial score (nSPS) is 15.2. The second-order valence-corrected chi connectivity index (χ2v) is 5.17. The fourth-order valence-electron chi connectivity index (χ4n) is 1.81. The fourth-order valence-corrected chi connectivity index (χ4v) is 1.81. The van der Waals surface area contributed by atoms with Gasteiger partial charge in [-0.3, -0.25) is 0 Å². The zero-order valence-corrected chi connectivity index (χ0v) is 12.1. The molecule has 1 saturated carbocycles. The molecule has 0 radical (unpaired) electrons. The predicted octanol–water partition coefficient (Wildman–Crippen LogP) is 1.97. The third-order valence-electron chi connectivity index (χ3n) is 3.13. The molecule has 1 aromatic rings. The van der Waals surface area contributed by atoms with E-state index in [0.717, 1.165) is 19.0 Å². The maximum absolute atomic E-state index is 4.62. The SMILES string of the molecule is CCNC(=NCc1ccc(N(C)C)cc1)NC1CC1. The van der Waals surface area contributed by atoms with Crippen molar-refractivity contribution in [3.8, 4) is 0 Å². The van der Waals surface area contributed by atoms with Gasteiger partial charge >= 0.3 is 0 Å². The highest BCUT2D eigenvalue weighted by molar-refractivity contribution is 5.80. The zero-order chi connectivity index (χ0) is 13.7. The van der Waals surface area contributed by atoms with Crippen molar-refractivity contribution in [2.75, 3.05) is 25.5 Å². The van der Waals surface area contributed by atoms with Crippen molar-refractivity contribution in [3.05, 3.63) is 29.8 Å². The number of nitrogens with one attached hydrogen (secondary N) is 2. The van der Waals surface area contributed by atoms with Crippen LogP contribution in [0.1, 0.15) is 25.3 Å². The smallest absolute Gasteiger partial charge is 0.191 e. The van der Waals surface area contributed by atoms with Crippen LogP contribution in [-0.2, 0) is 6.54 Å². The number of aliphatic imine (C=N–C) groups is 1. The van der Waals surface area contributed by atoms with E-state index in [0.29, 0.717) is 6.04 Å². The predicted molar refractivity (Wildman–Crippen MR) is 81.7 cm³/mol. The molecule has 2 N–H and O–H groups in total. The number of nitrogens with zero attached hydrogens (tertiary/aromatic N) is 2. The molecule has 0 aromatic heterocycles. The summed E-state index contributed by atoms with van der Waals surface area (Å²) < 4.78 is 0. The molecular formula is C15H24N4. The van der Waals surface area contributed by atoms with Gasteiger partial charge in [0.1, 0.15) is 0 Å². The van der Waals surface area contributed by atoms with E-state index >= 15 is 0 Å². The Morgan fingerprint density at radius 1 is 1.26 bits per heavy atom. The van der Waals surface area contributed by atoms with Crippen LogP contribution in [0, 0.1) is 0 Å². The van der Waals surface area contributed by atoms with E-state index in [1.54, 1.807) is 0 Å². The van der Waals surface area contributed by atoms with Gasteiger partial charge in [-0.25, -0.2) is 4.99 Å². The Balaban J connectivity index is 1.93. The summed E-state index contributed by atoms with van der Waals surface area (Å²) in [6, 6.07) is 9.17. The molecule has 0 amide bonds. The van der Waals surface area contributed by atoms with Crippen molar-refractivity contribution in [2.24, 2.45) is 4.99 Å². The lowest BCUT2D eigenvalue weighted by molar-refractivity contribution is 0.812. The molecule has 0 unspecified atom stereocenters. The topological polar surface area (TPSA) is 39.7 Å². The Hall–Kier alpha value is -1.71. The second-order valence-electron chi connectivity index (χ2n) is 5.17. The third kappa shape index (κ3) is 4.47. The Labute approximate surface area is 115 Å². The summed E-state index contributed by atoms with van der Waals surface area (Å²) in [4.78, 5) is 6.72. The van der Waals surface area contributed by atoms with Crippen LogP contribution in [-0.4, -0.2) is 32.6 Å². The highest BCUT2D eigenvalue weighted by atomic mass is 15.2. The molecule has 2 rings (SSSR count). The number of hydrogen-bond acceptors (Lipinski definition) is 2. The van der Waals surface area contributed by atoms with E-state index in [1.807, 2.05) is 0 Å². The van der Waals surface area contributed by atoms with Crippen LogP contribution in [0.2, 0.25) is 0 Å². The van der Waals surface area contributed by atoms with Gasteiger partial charge in [-0.1, -0.05) is 12.1 Å². The summed E-state index contributed by atoms with van der Waals surface area (Å²) in [6.45, 7) is 3.71. The summed E-state index contributed by atoms with van der Waals surface area (Å²) >= 11 is 0. The second kappa shape index (κ2) is 6.45. The molecule has 1 aliphatic carbocycles. The molecule has 19 heavy (non-hydrogen) atoms. The lowest BCUT2D eigenvalue weighted by atomic mass is 10.2. The van der Waals surface area contributed by atoms with Crippen molar-refractivity contribution in [1.29, 1.82) is 0 Å². The molecule has 0 atom stereocenters. The zero-order valence-electron chi connectivity index (χ0n) is 12.1. The van der Waals surface area contributed by atoms with Gasteiger partial charge in [0.2, 0.25) is 0 Å². The van der Waals surface area contributed by atoms with Crippen molar-refractivity contribution in [3.63, 3.8) is 0 Å². The first kappa shape index (κ1) is 13.7. The number of anilines is 1. The lowest BCUT2D eigenvalue weighted by Crippen LogP contribution is -2.38. The minimum absolute atomic E-state index is 0.633. The van der Waals surface area contributed by atoms with Gasteiger partial charge in [0, 0.05) is 32.4 Å². The molecule has 0 saturated heterocycles. The molecule has 0 heterocycles. The summed E-state index contributed by atoms with van der Waals surface area (Å²) in [5.74, 6) is 0.932. The summed E-state index contributed by atoms with van der Waals surface area (Å²) in [6.07, 6.45) is 2.53. The van der Waals surface area contributed by atoms with Crippen LogP contribution in [0.3, 0.4) is 0 Å². The largest absolute Gasteiger partial charge is 0.378 e. The highest BCUT2D eigenvalue weighted by Crippen LogP contribution is 2.18. The average molecular weight is 260 g/mol. The number of benzene rings is 1. The van der Waals surface area contributed by atoms with Gasteiger partial charge in [0.15, 0.2) is 5.96 Å². The minimum atomic E-state index is 0.633. The molecule has 1 fully saturated rings. The van der Waals surface area contributed by atoms with E-state index in [-0.39, 0.29) is 0 Å². The Bertz CT molecular complexity index is 418. The standard InChI is InChI=1S/C15H24N4/c1-4-16-15(18-13-7-8-13)17-11-12-5-9-14(10-6-12)19(2)3/h5-6,9-10,13H,4,7-8,11H2,1-3H3,(H2,16,17,18). The van der Waals surface area contributed by atoms with Crippen LogP contribution < -0.4 is 15.5 Å². The van der Waals surface area contributed by atoms with Gasteiger partial charge in [-0.15, -0.1) is 0 Å². The molecule has 4 heteroatoms. The van der Waals surface area contributed by atoms with E-state index in [1.165, 1.54) is 24.1 Å². The molecule has 1 aliphatic rings. The molecule has 1 aromatic carbocycles. The molecule has 4 nitrogen and oxygen atoms in total. The van der Waals surface area contributed by atoms with Crippen LogP contribution in [0.5, 0.6) is 0 Å². The summed E-state index contributed by atoms with van der Waals surface area (Å²) in [5, 5.41) is 6.71. The Morgan fingerprint density at radius 2 is 1.95 bits per heavy atom. The highest BCUT2D eigenvalue weighted by Gasteiger charge is 2.21. The quantitative estimate of drug-likeness (QED) is 0.628. The lowest BCUT2D eigenvalue weighted by Gasteiger charge is -2.13. The van der Waals surface area contributed by atoms with Gasteiger partial charge < -0.3 is 15.5 Å². The number of rotatable bonds is 5. The van der Waals surface area contributed by atoms with Crippen LogP contribution in [0.4, 0.5) is 5.69 Å². The third-order valence-corrected chi connectivity index (χ3v) is 3.13. The van der Waals surface area contributed by atoms with Crippen molar-refractivity contribution < 1.29 is 0 Å². The van der Waals surface area contributed by atoms with Crippen molar-refractivity contribution >= 4 is 11.6 Å². The van der Waals surface area contributed by atoms with E-state index < -0.39 is 0 Å². The summed E-state index contributed by atoms with van der Waals surface area (Å²) in [7, 11) is 4.10. The Kier molecular flexibility index (Phi) is 4.66. The fraction of sp³-hybridized carbons (Fsp3) is 0.533. The van der Waals surface area contributed by atoms with E-state index in [2.05, 4.69) is 65.8 Å². The van der Waals surface area contributed by atoms with Gasteiger partial charge in [-0.2, -0.15) is 0 Å². The first-order valence-electron chi connectivity index (χ1n) is 7.00. The number of hydrogen-bond donors (Lipinski definition) is 2. The Morgan fingerprint density at radius 3 is 2.47 bits per heavy atom. The molecular weight excluding hydrogens is 236 g/mol. The van der Waals surface area contributed by atoms with Gasteiger partial charge in [0.05, 0.1) is 6.54 Å². The first-order chi connectivity index (χ1) is 9.19. The van der Waals surface area contributed by atoms with E-state index in [9.17, 15) is 0 Å². The van der Waals surface area contributed by atoms with Crippen molar-refractivity contribution in [2.45, 2.75) is 32.4 Å². The minimum Gasteiger partial charge on any atom is -0.378 e. The van der Waals surface area contributed by atoms with Crippen LogP contribution in [0.15, 0.2) is 29.3 Å². The van der Waals surface area contributed by atoms with Gasteiger partial charge in [-0.05, 0) is 37.5 Å². The molecule has 104 valence electrons. The molecule has 0 spiro atoms. The first-order valence-corrected chi connectivity index (χ1v) is 7.00. The number of guanidine groups is 1. The van der Waals surface area contributed by atoms with Crippen molar-refractivity contribution in [1.82, 2.24) is 10.6 Å². The van der Waals surface area contributed by atoms with Crippen LogP contribution >= 0.6 is 0 Å². The average Bonchev–Trinajstić information content (AvgIpc) is 3.21. The molecule has 0 bridgehead atoms. The van der Waals surface area contributed by atoms with Gasteiger partial charge in [0.25, 0.3) is 0 Å². The van der Waals surface area contributed by atoms with Crippen LogP contribution in [0.25, 0.3) is 0 Å². The summed E-state index contributed by atoms with van der Waals surface area (Å²) in [5.41, 5.74) is 2.45. The maximum Gasteiger partial charge on any atom is 0.191 e.